The molecule has 0 atom stereocenters. The lowest BCUT2D eigenvalue weighted by atomic mass is 10.1. The van der Waals surface area contributed by atoms with Gasteiger partial charge in [-0.25, -0.2) is 0 Å². The van der Waals surface area contributed by atoms with Crippen LogP contribution in [0.1, 0.15) is 39.0 Å². The van der Waals surface area contributed by atoms with Gasteiger partial charge in [0.25, 0.3) is 0 Å². The van der Waals surface area contributed by atoms with Gasteiger partial charge in [-0.1, -0.05) is 12.0 Å². The first-order valence-corrected chi connectivity index (χ1v) is 3.98. The smallest absolute Gasteiger partial charge is 0.145 e. The van der Waals surface area contributed by atoms with Crippen LogP contribution in [-0.2, 0) is 4.79 Å². The maximum Gasteiger partial charge on any atom is 0.145 e. The molecule has 1 aliphatic rings. The van der Waals surface area contributed by atoms with E-state index in [-0.39, 0.29) is 0 Å². The third-order valence-electron chi connectivity index (χ3n) is 2.19. The van der Waals surface area contributed by atoms with Crippen LogP contribution in [0.25, 0.3) is 0 Å². The molecule has 0 bridgehead atoms. The summed E-state index contributed by atoms with van der Waals surface area (Å²) in [6.45, 7) is 2.08. The van der Waals surface area contributed by atoms with E-state index in [1.54, 1.807) is 0 Å². The molecule has 1 aliphatic carbocycles. The van der Waals surface area contributed by atoms with E-state index in [0.717, 1.165) is 24.7 Å². The van der Waals surface area contributed by atoms with E-state index in [1.165, 1.54) is 24.8 Å². The largest absolute Gasteiger partial charge is 0.298 e. The molecule has 56 valence electrons. The average Bonchev–Trinajstić information content (AvgIpc) is 2.13. The molecule has 0 unspecified atom stereocenters. The van der Waals surface area contributed by atoms with Gasteiger partial charge in [-0.3, -0.25) is 4.79 Å². The topological polar surface area (TPSA) is 17.1 Å². The Balaban J connectivity index is 2.67. The summed E-state index contributed by atoms with van der Waals surface area (Å²) in [6.07, 6.45) is 6.92. The number of carbonyl (C=O) groups is 1. The number of aldehydes is 1. The molecule has 0 spiro atoms. The van der Waals surface area contributed by atoms with Crippen molar-refractivity contribution < 1.29 is 4.79 Å². The SMILES string of the molecule is CC1=C(C=O)CCCCC1. The molecule has 0 aromatic rings. The first kappa shape index (κ1) is 7.52. The number of hydrogen-bond donors (Lipinski definition) is 0. The summed E-state index contributed by atoms with van der Waals surface area (Å²) in [5.74, 6) is 0. The predicted octanol–water partition coefficient (Wildman–Crippen LogP) is 2.47. The maximum atomic E-state index is 10.5. The van der Waals surface area contributed by atoms with Gasteiger partial charge < -0.3 is 0 Å². The van der Waals surface area contributed by atoms with E-state index < -0.39 is 0 Å². The summed E-state index contributed by atoms with van der Waals surface area (Å²) in [5.41, 5.74) is 2.37. The van der Waals surface area contributed by atoms with Gasteiger partial charge in [0.2, 0.25) is 0 Å². The lowest BCUT2D eigenvalue weighted by Crippen LogP contribution is -1.86. The second kappa shape index (κ2) is 3.55. The molecule has 1 nitrogen and oxygen atoms in total. The molecule has 0 fully saturated rings. The highest BCUT2D eigenvalue weighted by atomic mass is 16.1. The van der Waals surface area contributed by atoms with Crippen molar-refractivity contribution in [3.8, 4) is 0 Å². The highest BCUT2D eigenvalue weighted by Gasteiger charge is 2.05. The Hall–Kier alpha value is -0.590. The van der Waals surface area contributed by atoms with Gasteiger partial charge in [-0.15, -0.1) is 0 Å². The molecule has 1 rings (SSSR count). The average molecular weight is 138 g/mol. The monoisotopic (exact) mass is 138 g/mol. The van der Waals surface area contributed by atoms with E-state index >= 15 is 0 Å². The molecule has 0 radical (unpaired) electrons. The highest BCUT2D eigenvalue weighted by molar-refractivity contribution is 5.74. The van der Waals surface area contributed by atoms with Crippen LogP contribution < -0.4 is 0 Å². The van der Waals surface area contributed by atoms with Crippen LogP contribution in [0.4, 0.5) is 0 Å². The van der Waals surface area contributed by atoms with Gasteiger partial charge in [0.05, 0.1) is 0 Å². The highest BCUT2D eigenvalue weighted by Crippen LogP contribution is 2.21. The normalized spacial score (nSPS) is 20.5. The van der Waals surface area contributed by atoms with Crippen LogP contribution >= 0.6 is 0 Å². The minimum Gasteiger partial charge on any atom is -0.298 e. The first-order chi connectivity index (χ1) is 4.84. The van der Waals surface area contributed by atoms with Crippen molar-refractivity contribution in [2.45, 2.75) is 39.0 Å². The van der Waals surface area contributed by atoms with E-state index in [2.05, 4.69) is 6.92 Å². The maximum absolute atomic E-state index is 10.5. The van der Waals surface area contributed by atoms with E-state index in [9.17, 15) is 4.79 Å². The third kappa shape index (κ3) is 1.69. The minimum atomic E-state index is 1.01. The fourth-order valence-electron chi connectivity index (χ4n) is 1.42. The Bertz CT molecular complexity index is 156. The van der Waals surface area contributed by atoms with Gasteiger partial charge in [-0.05, 0) is 38.2 Å². The van der Waals surface area contributed by atoms with Crippen LogP contribution in [-0.4, -0.2) is 6.29 Å². The lowest BCUT2D eigenvalue weighted by Gasteiger charge is -1.98. The van der Waals surface area contributed by atoms with E-state index in [0.29, 0.717) is 0 Å². The zero-order valence-electron chi connectivity index (χ0n) is 6.52. The van der Waals surface area contributed by atoms with Crippen molar-refractivity contribution >= 4 is 6.29 Å². The van der Waals surface area contributed by atoms with Crippen LogP contribution in [0.3, 0.4) is 0 Å². The van der Waals surface area contributed by atoms with Crippen molar-refractivity contribution in [2.24, 2.45) is 0 Å². The Morgan fingerprint density at radius 3 is 2.60 bits per heavy atom. The molecule has 0 heterocycles. The Morgan fingerprint density at radius 2 is 1.90 bits per heavy atom. The van der Waals surface area contributed by atoms with E-state index in [4.69, 9.17) is 0 Å². The summed E-state index contributed by atoms with van der Waals surface area (Å²) >= 11 is 0. The Morgan fingerprint density at radius 1 is 1.20 bits per heavy atom. The fraction of sp³-hybridized carbons (Fsp3) is 0.667. The lowest BCUT2D eigenvalue weighted by molar-refractivity contribution is -0.105. The fourth-order valence-corrected chi connectivity index (χ4v) is 1.42. The molecule has 0 N–H and O–H groups in total. The molecule has 0 aliphatic heterocycles. The van der Waals surface area contributed by atoms with Gasteiger partial charge in [0, 0.05) is 0 Å². The van der Waals surface area contributed by atoms with Crippen molar-refractivity contribution in [1.29, 1.82) is 0 Å². The molecule has 0 aromatic heterocycles. The molecule has 0 amide bonds. The zero-order valence-corrected chi connectivity index (χ0v) is 6.52. The molecular weight excluding hydrogens is 124 g/mol. The molecular formula is C9H14O. The van der Waals surface area contributed by atoms with Gasteiger partial charge in [-0.2, -0.15) is 0 Å². The quantitative estimate of drug-likeness (QED) is 0.509. The second-order valence-corrected chi connectivity index (χ2v) is 2.98. The summed E-state index contributed by atoms with van der Waals surface area (Å²) in [4.78, 5) is 10.5. The summed E-state index contributed by atoms with van der Waals surface area (Å²) < 4.78 is 0. The van der Waals surface area contributed by atoms with Crippen molar-refractivity contribution in [3.05, 3.63) is 11.1 Å². The molecule has 10 heavy (non-hydrogen) atoms. The molecule has 0 aromatic carbocycles. The number of hydrogen-bond acceptors (Lipinski definition) is 1. The summed E-state index contributed by atoms with van der Waals surface area (Å²) in [6, 6.07) is 0. The van der Waals surface area contributed by atoms with Crippen LogP contribution in [0.5, 0.6) is 0 Å². The summed E-state index contributed by atoms with van der Waals surface area (Å²) in [7, 11) is 0. The van der Waals surface area contributed by atoms with Crippen molar-refractivity contribution in [1.82, 2.24) is 0 Å². The van der Waals surface area contributed by atoms with Crippen LogP contribution in [0.2, 0.25) is 0 Å². The van der Waals surface area contributed by atoms with Crippen LogP contribution in [0, 0.1) is 0 Å². The third-order valence-corrected chi connectivity index (χ3v) is 2.19. The zero-order chi connectivity index (χ0) is 7.40. The van der Waals surface area contributed by atoms with Crippen molar-refractivity contribution in [3.63, 3.8) is 0 Å². The van der Waals surface area contributed by atoms with Gasteiger partial charge >= 0.3 is 0 Å². The molecule has 1 heteroatoms. The second-order valence-electron chi connectivity index (χ2n) is 2.98. The molecule has 0 saturated heterocycles. The van der Waals surface area contributed by atoms with Crippen molar-refractivity contribution in [2.75, 3.05) is 0 Å². The number of allylic oxidation sites excluding steroid dienone is 2. The molecule has 0 saturated carbocycles. The number of rotatable bonds is 1. The van der Waals surface area contributed by atoms with E-state index in [1.807, 2.05) is 0 Å². The summed E-state index contributed by atoms with van der Waals surface area (Å²) in [5, 5.41) is 0. The Labute approximate surface area is 62.1 Å². The minimum absolute atomic E-state index is 1.01. The first-order valence-electron chi connectivity index (χ1n) is 3.98. The Kier molecular flexibility index (Phi) is 2.67. The standard InChI is InChI=1S/C9H14O/c1-8-5-3-2-4-6-9(8)7-10/h7H,2-6H2,1H3. The predicted molar refractivity (Wildman–Crippen MR) is 41.8 cm³/mol. The number of carbonyl (C=O) groups excluding carboxylic acids is 1. The van der Waals surface area contributed by atoms with Gasteiger partial charge in [0.1, 0.15) is 6.29 Å². The van der Waals surface area contributed by atoms with Crippen LogP contribution in [0.15, 0.2) is 11.1 Å². The van der Waals surface area contributed by atoms with Gasteiger partial charge in [0.15, 0.2) is 0 Å².